The van der Waals surface area contributed by atoms with Gasteiger partial charge in [-0.1, -0.05) is 0 Å². The van der Waals surface area contributed by atoms with E-state index in [9.17, 15) is 0 Å². The van der Waals surface area contributed by atoms with E-state index >= 15 is 0 Å². The van der Waals surface area contributed by atoms with E-state index in [4.69, 9.17) is 5.84 Å². The third kappa shape index (κ3) is 1.59. The highest BCUT2D eigenvalue weighted by Crippen LogP contribution is 2.29. The van der Waals surface area contributed by atoms with Crippen LogP contribution in [0.25, 0.3) is 11.0 Å². The van der Waals surface area contributed by atoms with Crippen molar-refractivity contribution < 1.29 is 0 Å². The maximum atomic E-state index is 5.38. The van der Waals surface area contributed by atoms with Crippen LogP contribution in [0.1, 0.15) is 19.8 Å². The second-order valence-corrected chi connectivity index (χ2v) is 4.33. The molecule has 0 amide bonds. The maximum absolute atomic E-state index is 5.38. The Morgan fingerprint density at radius 1 is 1.53 bits per heavy atom. The van der Waals surface area contributed by atoms with E-state index < -0.39 is 0 Å². The van der Waals surface area contributed by atoms with Crippen LogP contribution in [0, 0.1) is 0 Å². The summed E-state index contributed by atoms with van der Waals surface area (Å²) in [4.78, 5) is 10.9. The van der Waals surface area contributed by atoms with Gasteiger partial charge in [0.15, 0.2) is 5.65 Å². The molecule has 3 heterocycles. The Bertz CT molecular complexity index is 534. The predicted molar refractivity (Wildman–Crippen MR) is 65.5 cm³/mol. The van der Waals surface area contributed by atoms with Gasteiger partial charge in [0.1, 0.15) is 5.82 Å². The van der Waals surface area contributed by atoms with Crippen LogP contribution in [-0.4, -0.2) is 32.8 Å². The number of anilines is 2. The van der Waals surface area contributed by atoms with E-state index in [1.165, 1.54) is 12.8 Å². The number of nitrogens with two attached hydrogens (primary N) is 1. The molecule has 0 radical (unpaired) electrons. The third-order valence-corrected chi connectivity index (χ3v) is 3.24. The van der Waals surface area contributed by atoms with Gasteiger partial charge in [-0.3, -0.25) is 10.5 Å². The monoisotopic (exact) mass is 233 g/mol. The molecule has 0 spiro atoms. The number of aromatic nitrogens is 4. The molecule has 2 aromatic heterocycles. The zero-order valence-corrected chi connectivity index (χ0v) is 9.64. The molecule has 7 heteroatoms. The lowest BCUT2D eigenvalue weighted by molar-refractivity contribution is 0.729. The van der Waals surface area contributed by atoms with Gasteiger partial charge in [0.2, 0.25) is 5.95 Å². The fourth-order valence-electron chi connectivity index (χ4n) is 2.35. The lowest BCUT2D eigenvalue weighted by Gasteiger charge is -2.23. The van der Waals surface area contributed by atoms with Gasteiger partial charge in [0, 0.05) is 12.6 Å². The van der Waals surface area contributed by atoms with E-state index in [0.717, 1.165) is 17.7 Å². The van der Waals surface area contributed by atoms with Crippen LogP contribution in [0.3, 0.4) is 0 Å². The third-order valence-electron chi connectivity index (χ3n) is 3.24. The van der Waals surface area contributed by atoms with Gasteiger partial charge in [-0.25, -0.2) is 5.84 Å². The van der Waals surface area contributed by atoms with Crippen LogP contribution in [0.15, 0.2) is 6.20 Å². The highest BCUT2D eigenvalue weighted by Gasteiger charge is 2.24. The molecular weight excluding hydrogens is 218 g/mol. The Morgan fingerprint density at radius 3 is 3.12 bits per heavy atom. The van der Waals surface area contributed by atoms with Crippen molar-refractivity contribution in [2.45, 2.75) is 25.8 Å². The van der Waals surface area contributed by atoms with Crippen LogP contribution in [0.5, 0.6) is 0 Å². The van der Waals surface area contributed by atoms with Crippen molar-refractivity contribution in [1.29, 1.82) is 0 Å². The van der Waals surface area contributed by atoms with E-state index in [-0.39, 0.29) is 0 Å². The van der Waals surface area contributed by atoms with Gasteiger partial charge in [-0.05, 0) is 19.8 Å². The number of fused-ring (bicyclic) bond motifs is 1. The van der Waals surface area contributed by atoms with E-state index in [1.807, 2.05) is 0 Å². The van der Waals surface area contributed by atoms with Crippen LogP contribution >= 0.6 is 0 Å². The first-order valence-electron chi connectivity index (χ1n) is 5.74. The molecule has 1 aliphatic rings. The van der Waals surface area contributed by atoms with Gasteiger partial charge in [-0.2, -0.15) is 15.1 Å². The fraction of sp³-hybridized carbons (Fsp3) is 0.500. The minimum Gasteiger partial charge on any atom is -0.353 e. The predicted octanol–water partition coefficient (Wildman–Crippen LogP) is 0.627. The number of hydrazine groups is 1. The van der Waals surface area contributed by atoms with E-state index in [2.05, 4.69) is 37.4 Å². The molecule has 1 atom stereocenters. The lowest BCUT2D eigenvalue weighted by Crippen LogP contribution is -2.28. The molecule has 0 aliphatic carbocycles. The maximum Gasteiger partial charge on any atom is 0.241 e. The smallest absolute Gasteiger partial charge is 0.241 e. The molecule has 1 unspecified atom stereocenters. The molecule has 90 valence electrons. The Hall–Kier alpha value is -1.89. The first kappa shape index (κ1) is 10.3. The van der Waals surface area contributed by atoms with E-state index in [1.54, 1.807) is 6.20 Å². The van der Waals surface area contributed by atoms with Crippen molar-refractivity contribution in [2.75, 3.05) is 16.9 Å². The summed E-state index contributed by atoms with van der Waals surface area (Å²) in [5, 5.41) is 7.80. The van der Waals surface area contributed by atoms with Gasteiger partial charge < -0.3 is 4.90 Å². The zero-order chi connectivity index (χ0) is 11.8. The Kier molecular flexibility index (Phi) is 2.32. The number of hydrogen-bond acceptors (Lipinski definition) is 6. The van der Waals surface area contributed by atoms with Crippen LogP contribution in [0.4, 0.5) is 11.8 Å². The number of rotatable bonds is 2. The largest absolute Gasteiger partial charge is 0.353 e. The van der Waals surface area contributed by atoms with Crippen molar-refractivity contribution in [3.8, 4) is 0 Å². The summed E-state index contributed by atoms with van der Waals surface area (Å²) in [6, 6.07) is 0.494. The Balaban J connectivity index is 2.15. The molecule has 17 heavy (non-hydrogen) atoms. The molecule has 1 saturated heterocycles. The molecule has 1 aliphatic heterocycles. The molecule has 2 aromatic rings. The van der Waals surface area contributed by atoms with Gasteiger partial charge in [0.25, 0.3) is 0 Å². The number of nitrogens with one attached hydrogen (secondary N) is 2. The lowest BCUT2D eigenvalue weighted by atomic mass is 10.2. The van der Waals surface area contributed by atoms with Gasteiger partial charge in [-0.15, -0.1) is 0 Å². The SMILES string of the molecule is CC1CCCN1c1nc(NN)nc2[nH]ncc12. The molecule has 7 nitrogen and oxygen atoms in total. The first-order chi connectivity index (χ1) is 8.29. The van der Waals surface area contributed by atoms with E-state index in [0.29, 0.717) is 17.6 Å². The van der Waals surface area contributed by atoms with Crippen molar-refractivity contribution in [1.82, 2.24) is 20.2 Å². The van der Waals surface area contributed by atoms with Crippen molar-refractivity contribution >= 4 is 22.8 Å². The number of nitrogen functional groups attached to an aromatic ring is 1. The molecule has 1 fully saturated rings. The standard InChI is InChI=1S/C10H15N7/c1-6-3-2-4-17(6)9-7-5-12-16-8(7)13-10(14-9)15-11/h5-6H,2-4,11H2,1H3,(H2,12,13,14,15,16). The molecule has 0 bridgehead atoms. The molecule has 3 rings (SSSR count). The van der Waals surface area contributed by atoms with Crippen LogP contribution < -0.4 is 16.2 Å². The molecule has 0 aromatic carbocycles. The van der Waals surface area contributed by atoms with Crippen LogP contribution in [0.2, 0.25) is 0 Å². The van der Waals surface area contributed by atoms with Crippen molar-refractivity contribution in [2.24, 2.45) is 5.84 Å². The normalized spacial score (nSPS) is 20.1. The zero-order valence-electron chi connectivity index (χ0n) is 9.64. The summed E-state index contributed by atoms with van der Waals surface area (Å²) in [6.45, 7) is 3.22. The summed E-state index contributed by atoms with van der Waals surface area (Å²) in [7, 11) is 0. The van der Waals surface area contributed by atoms with Gasteiger partial charge in [0.05, 0.1) is 11.6 Å². The summed E-state index contributed by atoms with van der Waals surface area (Å²) in [5.74, 6) is 6.70. The van der Waals surface area contributed by atoms with Crippen LogP contribution in [-0.2, 0) is 0 Å². The molecule has 4 N–H and O–H groups in total. The summed E-state index contributed by atoms with van der Waals surface area (Å²) in [6.07, 6.45) is 4.14. The summed E-state index contributed by atoms with van der Waals surface area (Å²) in [5.41, 5.74) is 3.20. The van der Waals surface area contributed by atoms with Crippen molar-refractivity contribution in [3.05, 3.63) is 6.20 Å². The molecule has 0 saturated carbocycles. The summed E-state index contributed by atoms with van der Waals surface area (Å²) < 4.78 is 0. The highest BCUT2D eigenvalue weighted by atomic mass is 15.3. The number of nitrogens with zero attached hydrogens (tertiary/aromatic N) is 4. The molecular formula is C10H15N7. The van der Waals surface area contributed by atoms with Gasteiger partial charge >= 0.3 is 0 Å². The quantitative estimate of drug-likeness (QED) is 0.520. The second-order valence-electron chi connectivity index (χ2n) is 4.33. The first-order valence-corrected chi connectivity index (χ1v) is 5.74. The van der Waals surface area contributed by atoms with Crippen molar-refractivity contribution in [3.63, 3.8) is 0 Å². The number of hydrogen-bond donors (Lipinski definition) is 3. The minimum atomic E-state index is 0.413. The average Bonchev–Trinajstić information content (AvgIpc) is 2.95. The number of H-pyrrole nitrogens is 1. The minimum absolute atomic E-state index is 0.413. The Morgan fingerprint density at radius 2 is 2.41 bits per heavy atom. The second kappa shape index (κ2) is 3.85. The highest BCUT2D eigenvalue weighted by molar-refractivity contribution is 5.87. The fourth-order valence-corrected chi connectivity index (χ4v) is 2.35. The Labute approximate surface area is 98.4 Å². The topological polar surface area (TPSA) is 95.8 Å². The average molecular weight is 233 g/mol. The number of aromatic amines is 1. The summed E-state index contributed by atoms with van der Waals surface area (Å²) >= 11 is 0.